The van der Waals surface area contributed by atoms with Crippen LogP contribution in [0.5, 0.6) is 0 Å². The van der Waals surface area contributed by atoms with Gasteiger partial charge in [-0.3, -0.25) is 9.78 Å². The van der Waals surface area contributed by atoms with Gasteiger partial charge in [0.15, 0.2) is 0 Å². The van der Waals surface area contributed by atoms with Crippen LogP contribution in [0.4, 0.5) is 5.95 Å². The number of rotatable bonds is 3. The van der Waals surface area contributed by atoms with E-state index >= 15 is 0 Å². The van der Waals surface area contributed by atoms with Crippen LogP contribution in [-0.4, -0.2) is 21.4 Å². The molecule has 0 amide bonds. The third-order valence-electron chi connectivity index (χ3n) is 2.02. The van der Waals surface area contributed by atoms with Crippen LogP contribution in [0.15, 0.2) is 28.2 Å². The van der Waals surface area contributed by atoms with Crippen molar-refractivity contribution in [2.75, 3.05) is 5.43 Å². The maximum Gasteiger partial charge on any atom is 0.271 e. The monoisotopic (exact) mass is 317 g/mol. The van der Waals surface area contributed by atoms with Gasteiger partial charge in [0.25, 0.3) is 5.56 Å². The number of nitrogens with zero attached hydrogens (tertiary/aromatic N) is 3. The molecule has 0 aliphatic rings. The van der Waals surface area contributed by atoms with E-state index in [1.807, 2.05) is 0 Å². The van der Waals surface area contributed by atoms with Crippen molar-refractivity contribution in [3.8, 4) is 0 Å². The molecule has 0 spiro atoms. The Morgan fingerprint density at radius 1 is 1.26 bits per heavy atom. The van der Waals surface area contributed by atoms with Crippen molar-refractivity contribution >= 4 is 47.0 Å². The van der Waals surface area contributed by atoms with Crippen molar-refractivity contribution in [3.63, 3.8) is 0 Å². The molecule has 0 bridgehead atoms. The predicted octanol–water partition coefficient (Wildman–Crippen LogP) is 2.57. The van der Waals surface area contributed by atoms with Gasteiger partial charge < -0.3 is 0 Å². The van der Waals surface area contributed by atoms with Crippen molar-refractivity contribution in [1.29, 1.82) is 0 Å². The fourth-order valence-electron chi connectivity index (χ4n) is 1.18. The summed E-state index contributed by atoms with van der Waals surface area (Å²) in [5, 5.41) is 11.9. The largest absolute Gasteiger partial charge is 0.289 e. The number of anilines is 1. The highest BCUT2D eigenvalue weighted by molar-refractivity contribution is 6.45. The molecule has 0 fully saturated rings. The molecular weight excluding hydrogens is 313 g/mol. The Morgan fingerprint density at radius 2 is 2.00 bits per heavy atom. The quantitative estimate of drug-likeness (QED) is 0.517. The minimum Gasteiger partial charge on any atom is -0.289 e. The van der Waals surface area contributed by atoms with Gasteiger partial charge in [-0.15, -0.1) is 10.2 Å². The summed E-state index contributed by atoms with van der Waals surface area (Å²) in [6.45, 7) is 0. The first-order valence-corrected chi connectivity index (χ1v) is 6.06. The molecule has 0 aliphatic carbocycles. The van der Waals surface area contributed by atoms with Crippen molar-refractivity contribution in [2.24, 2.45) is 5.10 Å². The highest BCUT2D eigenvalue weighted by Gasteiger charge is 2.07. The molecule has 1 heterocycles. The molecule has 0 unspecified atom stereocenters. The summed E-state index contributed by atoms with van der Waals surface area (Å²) in [6.07, 6.45) is 2.41. The number of halogens is 3. The van der Waals surface area contributed by atoms with E-state index in [-0.39, 0.29) is 11.0 Å². The number of hydrogen-bond acceptors (Lipinski definition) is 5. The Balaban J connectivity index is 2.20. The summed E-state index contributed by atoms with van der Waals surface area (Å²) in [4.78, 5) is 13.4. The molecule has 19 heavy (non-hydrogen) atoms. The van der Waals surface area contributed by atoms with Gasteiger partial charge in [-0.05, 0) is 12.1 Å². The molecule has 2 aromatic rings. The molecule has 0 atom stereocenters. The van der Waals surface area contributed by atoms with Crippen LogP contribution in [0.1, 0.15) is 5.56 Å². The Hall–Kier alpha value is -1.63. The molecule has 2 rings (SSSR count). The topological polar surface area (TPSA) is 83.0 Å². The van der Waals surface area contributed by atoms with Crippen LogP contribution in [0, 0.1) is 0 Å². The number of hydrogen-bond donors (Lipinski definition) is 2. The second-order valence-corrected chi connectivity index (χ2v) is 4.50. The van der Waals surface area contributed by atoms with Crippen LogP contribution >= 0.6 is 34.8 Å². The Bertz CT molecular complexity index is 685. The average molecular weight is 319 g/mol. The summed E-state index contributed by atoms with van der Waals surface area (Å²) in [5.41, 5.74) is 2.54. The number of aromatic nitrogens is 3. The van der Waals surface area contributed by atoms with E-state index < -0.39 is 5.56 Å². The molecule has 1 aromatic heterocycles. The molecule has 0 saturated heterocycles. The maximum atomic E-state index is 11.0. The van der Waals surface area contributed by atoms with Gasteiger partial charge in [0, 0.05) is 5.56 Å². The highest BCUT2D eigenvalue weighted by Crippen LogP contribution is 2.29. The van der Waals surface area contributed by atoms with Crippen LogP contribution < -0.4 is 11.0 Å². The lowest BCUT2D eigenvalue weighted by molar-refractivity contribution is 0.939. The minimum atomic E-state index is -0.397. The molecule has 1 aromatic carbocycles. The number of aromatic amines is 1. The maximum absolute atomic E-state index is 11.0. The zero-order valence-electron chi connectivity index (χ0n) is 9.19. The smallest absolute Gasteiger partial charge is 0.271 e. The van der Waals surface area contributed by atoms with Crippen LogP contribution in [-0.2, 0) is 0 Å². The SMILES string of the molecule is O=c1cnnc(N/N=C/c2c(Cl)ccc(Cl)c2Cl)[nH]1. The Kier molecular flexibility index (Phi) is 4.36. The van der Waals surface area contributed by atoms with Crippen molar-refractivity contribution in [2.45, 2.75) is 0 Å². The number of H-pyrrole nitrogens is 1. The van der Waals surface area contributed by atoms with Gasteiger partial charge in [-0.1, -0.05) is 34.8 Å². The molecule has 6 nitrogen and oxygen atoms in total. The third kappa shape index (κ3) is 3.44. The standard InChI is InChI=1S/C10H6Cl3N5O/c11-6-1-2-7(12)9(13)5(6)3-14-17-10-16-8(19)4-15-18-10/h1-4H,(H2,16,17,18,19)/b14-3+. The van der Waals surface area contributed by atoms with E-state index in [0.29, 0.717) is 15.6 Å². The Labute approximate surface area is 122 Å². The zero-order chi connectivity index (χ0) is 13.8. The number of benzene rings is 1. The lowest BCUT2D eigenvalue weighted by atomic mass is 10.2. The average Bonchev–Trinajstić information content (AvgIpc) is 2.38. The Morgan fingerprint density at radius 3 is 2.74 bits per heavy atom. The minimum absolute atomic E-state index is 0.0954. The fourth-order valence-corrected chi connectivity index (χ4v) is 1.82. The summed E-state index contributed by atoms with van der Waals surface area (Å²) >= 11 is 17.8. The third-order valence-corrected chi connectivity index (χ3v) is 3.17. The van der Waals surface area contributed by atoms with Gasteiger partial charge in [0.05, 0.1) is 21.3 Å². The second kappa shape index (κ2) is 6.01. The highest BCUT2D eigenvalue weighted by atomic mass is 35.5. The van der Waals surface area contributed by atoms with Gasteiger partial charge in [0.1, 0.15) is 6.20 Å². The van der Waals surface area contributed by atoms with Gasteiger partial charge in [-0.25, -0.2) is 5.43 Å². The summed E-state index contributed by atoms with van der Waals surface area (Å²) in [7, 11) is 0. The zero-order valence-corrected chi connectivity index (χ0v) is 11.5. The number of hydrazone groups is 1. The molecule has 0 radical (unpaired) electrons. The van der Waals surface area contributed by atoms with Crippen LogP contribution in [0.3, 0.4) is 0 Å². The summed E-state index contributed by atoms with van der Waals surface area (Å²) in [6, 6.07) is 3.18. The van der Waals surface area contributed by atoms with E-state index in [0.717, 1.165) is 6.20 Å². The van der Waals surface area contributed by atoms with Crippen molar-refractivity contribution in [1.82, 2.24) is 15.2 Å². The van der Waals surface area contributed by atoms with Gasteiger partial charge in [-0.2, -0.15) is 5.10 Å². The van der Waals surface area contributed by atoms with E-state index in [1.54, 1.807) is 12.1 Å². The van der Waals surface area contributed by atoms with E-state index in [1.165, 1.54) is 6.21 Å². The first kappa shape index (κ1) is 13.8. The van der Waals surface area contributed by atoms with Crippen molar-refractivity contribution in [3.05, 3.63) is 49.3 Å². The van der Waals surface area contributed by atoms with Gasteiger partial charge >= 0.3 is 0 Å². The lowest BCUT2D eigenvalue weighted by Gasteiger charge is -2.03. The first-order chi connectivity index (χ1) is 9.08. The summed E-state index contributed by atoms with van der Waals surface area (Å²) in [5.74, 6) is 0.0954. The van der Waals surface area contributed by atoms with Gasteiger partial charge in [0.2, 0.25) is 5.95 Å². The second-order valence-electron chi connectivity index (χ2n) is 3.31. The molecule has 98 valence electrons. The van der Waals surface area contributed by atoms with Crippen LogP contribution in [0.2, 0.25) is 15.1 Å². The molecule has 0 aliphatic heterocycles. The number of nitrogens with one attached hydrogen (secondary N) is 2. The lowest BCUT2D eigenvalue weighted by Crippen LogP contribution is -2.10. The molecular formula is C10H6Cl3N5O. The predicted molar refractivity (Wildman–Crippen MR) is 75.3 cm³/mol. The van der Waals surface area contributed by atoms with Crippen molar-refractivity contribution < 1.29 is 0 Å². The molecule has 9 heteroatoms. The van der Waals surface area contributed by atoms with Crippen LogP contribution in [0.25, 0.3) is 0 Å². The summed E-state index contributed by atoms with van der Waals surface area (Å²) < 4.78 is 0. The van der Waals surface area contributed by atoms with E-state index in [9.17, 15) is 4.79 Å². The first-order valence-electron chi connectivity index (χ1n) is 4.92. The fraction of sp³-hybridized carbons (Fsp3) is 0. The normalized spacial score (nSPS) is 10.9. The molecule has 2 N–H and O–H groups in total. The molecule has 0 saturated carbocycles. The van der Waals surface area contributed by atoms with E-state index in [2.05, 4.69) is 25.7 Å². The van der Waals surface area contributed by atoms with E-state index in [4.69, 9.17) is 34.8 Å².